The summed E-state index contributed by atoms with van der Waals surface area (Å²) in [6.45, 7) is 1.75. The lowest BCUT2D eigenvalue weighted by Gasteiger charge is -2.33. The van der Waals surface area contributed by atoms with Gasteiger partial charge in [-0.2, -0.15) is 0 Å². The average Bonchev–Trinajstić information content (AvgIpc) is 2.79. The maximum atomic E-state index is 10.8. The van der Waals surface area contributed by atoms with Gasteiger partial charge in [-0.1, -0.05) is 19.3 Å². The van der Waals surface area contributed by atoms with Crippen LogP contribution in [0.25, 0.3) is 0 Å². The fourth-order valence-electron chi connectivity index (χ4n) is 3.45. The molecule has 0 heterocycles. The Morgan fingerprint density at radius 1 is 1.33 bits per heavy atom. The molecular formula is C12H21NO2. The summed E-state index contributed by atoms with van der Waals surface area (Å²) in [5.41, 5.74) is 0.448. The van der Waals surface area contributed by atoms with Crippen molar-refractivity contribution in [2.24, 2.45) is 5.41 Å². The van der Waals surface area contributed by atoms with Crippen molar-refractivity contribution in [3.8, 4) is 0 Å². The van der Waals surface area contributed by atoms with E-state index >= 15 is 0 Å². The van der Waals surface area contributed by atoms with Crippen molar-refractivity contribution >= 4 is 5.97 Å². The maximum absolute atomic E-state index is 10.8. The summed E-state index contributed by atoms with van der Waals surface area (Å²) in [6, 6.07) is 0.0525. The van der Waals surface area contributed by atoms with E-state index in [1.807, 2.05) is 0 Å². The Hall–Kier alpha value is -0.570. The van der Waals surface area contributed by atoms with Gasteiger partial charge in [-0.15, -0.1) is 0 Å². The van der Waals surface area contributed by atoms with Gasteiger partial charge in [0.25, 0.3) is 0 Å². The van der Waals surface area contributed by atoms with Gasteiger partial charge in [0.1, 0.15) is 6.04 Å². The highest BCUT2D eigenvalue weighted by atomic mass is 16.4. The van der Waals surface area contributed by atoms with Crippen LogP contribution in [0, 0.1) is 5.41 Å². The smallest absolute Gasteiger partial charge is 0.320 e. The molecule has 2 saturated carbocycles. The summed E-state index contributed by atoms with van der Waals surface area (Å²) in [6.07, 6.45) is 9.01. The van der Waals surface area contributed by atoms with Crippen LogP contribution < -0.4 is 5.32 Å². The molecule has 0 saturated heterocycles. The van der Waals surface area contributed by atoms with Crippen LogP contribution in [0.4, 0.5) is 0 Å². The Morgan fingerprint density at radius 3 is 2.53 bits per heavy atom. The molecule has 1 spiro atoms. The molecule has 15 heavy (non-hydrogen) atoms. The van der Waals surface area contributed by atoms with Gasteiger partial charge in [0.2, 0.25) is 0 Å². The fraction of sp³-hybridized carbons (Fsp3) is 0.917. The Bertz CT molecular complexity index is 240. The molecule has 0 aliphatic heterocycles. The van der Waals surface area contributed by atoms with E-state index in [2.05, 4.69) is 5.32 Å². The molecule has 2 N–H and O–H groups in total. The predicted octanol–water partition coefficient (Wildman–Crippen LogP) is 2.16. The van der Waals surface area contributed by atoms with Gasteiger partial charge in [-0.25, -0.2) is 0 Å². The first kappa shape index (κ1) is 10.9. The number of hydrogen-bond acceptors (Lipinski definition) is 2. The van der Waals surface area contributed by atoms with E-state index in [1.54, 1.807) is 6.92 Å². The third-order valence-electron chi connectivity index (χ3n) is 4.33. The maximum Gasteiger partial charge on any atom is 0.320 e. The van der Waals surface area contributed by atoms with E-state index in [9.17, 15) is 4.79 Å². The van der Waals surface area contributed by atoms with Crippen molar-refractivity contribution in [1.82, 2.24) is 5.32 Å². The number of hydrogen-bond donors (Lipinski definition) is 2. The van der Waals surface area contributed by atoms with E-state index in [1.165, 1.54) is 38.5 Å². The molecule has 2 rings (SSSR count). The minimum atomic E-state index is -0.727. The molecule has 0 amide bonds. The van der Waals surface area contributed by atoms with Gasteiger partial charge in [-0.3, -0.25) is 4.79 Å². The second kappa shape index (κ2) is 4.12. The molecule has 0 aromatic rings. The van der Waals surface area contributed by atoms with Gasteiger partial charge in [0.15, 0.2) is 0 Å². The minimum Gasteiger partial charge on any atom is -0.480 e. The lowest BCUT2D eigenvalue weighted by atomic mass is 9.80. The highest BCUT2D eigenvalue weighted by molar-refractivity contribution is 5.72. The first-order valence-corrected chi connectivity index (χ1v) is 6.13. The molecule has 3 heteroatoms. The second-order valence-electron chi connectivity index (χ2n) is 5.24. The number of rotatable bonds is 3. The SMILES string of the molecule is CC(NC1CCCC12CCCC2)C(=O)O. The van der Waals surface area contributed by atoms with Gasteiger partial charge in [-0.05, 0) is 38.0 Å². The Labute approximate surface area is 91.2 Å². The molecule has 0 radical (unpaired) electrons. The molecule has 0 bridgehead atoms. The Morgan fingerprint density at radius 2 is 1.93 bits per heavy atom. The summed E-state index contributed by atoms with van der Waals surface area (Å²) in [5.74, 6) is -0.727. The van der Waals surface area contributed by atoms with Crippen molar-refractivity contribution in [3.05, 3.63) is 0 Å². The third-order valence-corrected chi connectivity index (χ3v) is 4.33. The molecule has 2 atom stereocenters. The van der Waals surface area contributed by atoms with Gasteiger partial charge < -0.3 is 10.4 Å². The van der Waals surface area contributed by atoms with Gasteiger partial charge in [0, 0.05) is 6.04 Å². The van der Waals surface area contributed by atoms with E-state index in [0.717, 1.165) is 6.42 Å². The van der Waals surface area contributed by atoms with Crippen molar-refractivity contribution in [2.45, 2.75) is 64.0 Å². The van der Waals surface area contributed by atoms with Crippen molar-refractivity contribution < 1.29 is 9.90 Å². The minimum absolute atomic E-state index is 0.398. The molecule has 2 fully saturated rings. The lowest BCUT2D eigenvalue weighted by Crippen LogP contribution is -2.47. The zero-order valence-corrected chi connectivity index (χ0v) is 9.46. The van der Waals surface area contributed by atoms with Crippen LogP contribution in [0.1, 0.15) is 51.9 Å². The summed E-state index contributed by atoms with van der Waals surface area (Å²) in [4.78, 5) is 10.8. The number of carboxylic acid groups (broad SMARTS) is 1. The standard InChI is InChI=1S/C12H21NO2/c1-9(11(14)15)13-10-5-4-8-12(10)6-2-3-7-12/h9-10,13H,2-8H2,1H3,(H,14,15). The normalized spacial score (nSPS) is 30.9. The van der Waals surface area contributed by atoms with E-state index in [0.29, 0.717) is 11.5 Å². The van der Waals surface area contributed by atoms with E-state index < -0.39 is 12.0 Å². The zero-order valence-electron chi connectivity index (χ0n) is 9.46. The Balaban J connectivity index is 1.99. The van der Waals surface area contributed by atoms with Gasteiger partial charge in [0.05, 0.1) is 0 Å². The molecule has 2 unspecified atom stereocenters. The quantitative estimate of drug-likeness (QED) is 0.752. The first-order chi connectivity index (χ1) is 7.14. The molecule has 2 aliphatic carbocycles. The average molecular weight is 211 g/mol. The lowest BCUT2D eigenvalue weighted by molar-refractivity contribution is -0.139. The van der Waals surface area contributed by atoms with Crippen LogP contribution in [0.3, 0.4) is 0 Å². The first-order valence-electron chi connectivity index (χ1n) is 6.13. The highest BCUT2D eigenvalue weighted by Gasteiger charge is 2.45. The zero-order chi connectivity index (χ0) is 10.9. The molecule has 3 nitrogen and oxygen atoms in total. The molecule has 2 aliphatic rings. The summed E-state index contributed by atoms with van der Waals surface area (Å²) in [5, 5.41) is 12.2. The van der Waals surface area contributed by atoms with Crippen LogP contribution in [0.15, 0.2) is 0 Å². The number of carboxylic acids is 1. The second-order valence-corrected chi connectivity index (χ2v) is 5.24. The van der Waals surface area contributed by atoms with E-state index in [4.69, 9.17) is 5.11 Å². The van der Waals surface area contributed by atoms with Crippen LogP contribution in [-0.4, -0.2) is 23.2 Å². The third kappa shape index (κ3) is 2.03. The van der Waals surface area contributed by atoms with Crippen molar-refractivity contribution in [1.29, 1.82) is 0 Å². The van der Waals surface area contributed by atoms with E-state index in [-0.39, 0.29) is 0 Å². The van der Waals surface area contributed by atoms with Crippen molar-refractivity contribution in [3.63, 3.8) is 0 Å². The molecule has 0 aromatic heterocycles. The summed E-state index contributed by atoms with van der Waals surface area (Å²) in [7, 11) is 0. The summed E-state index contributed by atoms with van der Waals surface area (Å²) >= 11 is 0. The van der Waals surface area contributed by atoms with Crippen LogP contribution in [-0.2, 0) is 4.79 Å². The number of nitrogens with one attached hydrogen (secondary N) is 1. The molecular weight excluding hydrogens is 190 g/mol. The van der Waals surface area contributed by atoms with Crippen LogP contribution in [0.5, 0.6) is 0 Å². The highest BCUT2D eigenvalue weighted by Crippen LogP contribution is 2.50. The monoisotopic (exact) mass is 211 g/mol. The molecule has 86 valence electrons. The van der Waals surface area contributed by atoms with Crippen LogP contribution >= 0.6 is 0 Å². The number of aliphatic carboxylic acids is 1. The van der Waals surface area contributed by atoms with Crippen molar-refractivity contribution in [2.75, 3.05) is 0 Å². The largest absolute Gasteiger partial charge is 0.480 e. The van der Waals surface area contributed by atoms with Gasteiger partial charge >= 0.3 is 5.97 Å². The topological polar surface area (TPSA) is 49.3 Å². The predicted molar refractivity (Wildman–Crippen MR) is 58.8 cm³/mol. The van der Waals surface area contributed by atoms with Crippen LogP contribution in [0.2, 0.25) is 0 Å². The Kier molecular flexibility index (Phi) is 3.01. The fourth-order valence-corrected chi connectivity index (χ4v) is 3.45. The molecule has 0 aromatic carbocycles. The summed E-state index contributed by atoms with van der Waals surface area (Å²) < 4.78 is 0. The number of carbonyl (C=O) groups is 1.